The highest BCUT2D eigenvalue weighted by Crippen LogP contribution is 2.32. The maximum atomic E-state index is 11.6. The van der Waals surface area contributed by atoms with Crippen molar-refractivity contribution >= 4 is 11.8 Å². The van der Waals surface area contributed by atoms with Crippen molar-refractivity contribution in [2.24, 2.45) is 0 Å². The Bertz CT molecular complexity index is 465. The van der Waals surface area contributed by atoms with E-state index in [1.807, 2.05) is 18.2 Å². The smallest absolute Gasteiger partial charge is 0.414 e. The number of nitrogens with zero attached hydrogens (tertiary/aromatic N) is 2. The highest BCUT2D eigenvalue weighted by Gasteiger charge is 2.21. The molecule has 0 spiro atoms. The van der Waals surface area contributed by atoms with E-state index in [1.165, 1.54) is 16.2 Å². The molecule has 0 aliphatic heterocycles. The third kappa shape index (κ3) is 4.94. The molecular weight excluding hydrogens is 367 g/mol. The SMILES string of the molecule is CC(C)c1cc(OC(=O)N(C)C)ccc1[N+](C)(C)C.[I-]. The molecule has 0 unspecified atom stereocenters. The molecule has 0 atom stereocenters. The molecule has 0 N–H and O–H groups in total. The fourth-order valence-electron chi connectivity index (χ4n) is 1.86. The van der Waals surface area contributed by atoms with Gasteiger partial charge < -0.3 is 33.6 Å². The number of hydrogen-bond donors (Lipinski definition) is 0. The van der Waals surface area contributed by atoms with Gasteiger partial charge in [-0.2, -0.15) is 0 Å². The van der Waals surface area contributed by atoms with Crippen molar-refractivity contribution in [1.82, 2.24) is 9.38 Å². The van der Waals surface area contributed by atoms with Crippen LogP contribution in [0.15, 0.2) is 18.2 Å². The average Bonchev–Trinajstić information content (AvgIpc) is 2.27. The van der Waals surface area contributed by atoms with E-state index in [2.05, 4.69) is 35.0 Å². The molecule has 20 heavy (non-hydrogen) atoms. The van der Waals surface area contributed by atoms with Crippen molar-refractivity contribution in [3.05, 3.63) is 23.8 Å². The van der Waals surface area contributed by atoms with Gasteiger partial charge in [-0.1, -0.05) is 13.8 Å². The molecule has 1 amide bonds. The van der Waals surface area contributed by atoms with Gasteiger partial charge in [0, 0.05) is 25.7 Å². The van der Waals surface area contributed by atoms with Gasteiger partial charge in [0.15, 0.2) is 0 Å². The van der Waals surface area contributed by atoms with Gasteiger partial charge in [0.2, 0.25) is 0 Å². The largest absolute Gasteiger partial charge is 1.00 e. The zero-order valence-electron chi connectivity index (χ0n) is 13.4. The van der Waals surface area contributed by atoms with Crippen LogP contribution in [0, 0.1) is 0 Å². The normalized spacial score (nSPS) is 11.0. The lowest BCUT2D eigenvalue weighted by Gasteiger charge is -2.27. The number of halogens is 1. The zero-order chi connectivity index (χ0) is 14.8. The minimum Gasteiger partial charge on any atom is -1.00 e. The van der Waals surface area contributed by atoms with E-state index in [0.29, 0.717) is 11.7 Å². The first-order chi connectivity index (χ1) is 8.62. The minimum absolute atomic E-state index is 0. The minimum atomic E-state index is -0.354. The number of quaternary nitrogens is 1. The van der Waals surface area contributed by atoms with Crippen LogP contribution in [-0.2, 0) is 0 Å². The van der Waals surface area contributed by atoms with Crippen LogP contribution < -0.4 is 33.2 Å². The summed E-state index contributed by atoms with van der Waals surface area (Å²) in [5.41, 5.74) is 2.44. The lowest BCUT2D eigenvalue weighted by atomic mass is 9.99. The van der Waals surface area contributed by atoms with Crippen molar-refractivity contribution < 1.29 is 33.5 Å². The number of carbonyl (C=O) groups is 1. The molecule has 0 fully saturated rings. The lowest BCUT2D eigenvalue weighted by Crippen LogP contribution is -3.00. The Hall–Kier alpha value is -0.820. The van der Waals surface area contributed by atoms with E-state index in [9.17, 15) is 4.79 Å². The molecular formula is C15H25IN2O2. The van der Waals surface area contributed by atoms with E-state index >= 15 is 0 Å². The molecule has 5 heteroatoms. The van der Waals surface area contributed by atoms with Crippen LogP contribution in [0.1, 0.15) is 25.3 Å². The summed E-state index contributed by atoms with van der Waals surface area (Å²) in [5, 5.41) is 0. The van der Waals surface area contributed by atoms with E-state index in [1.54, 1.807) is 14.1 Å². The molecule has 0 aliphatic carbocycles. The predicted molar refractivity (Wildman–Crippen MR) is 79.8 cm³/mol. The van der Waals surface area contributed by atoms with Crippen molar-refractivity contribution in [3.63, 3.8) is 0 Å². The third-order valence-electron chi connectivity index (χ3n) is 2.91. The van der Waals surface area contributed by atoms with Crippen molar-refractivity contribution in [2.75, 3.05) is 35.2 Å². The third-order valence-corrected chi connectivity index (χ3v) is 2.91. The first-order valence-electron chi connectivity index (χ1n) is 6.48. The van der Waals surface area contributed by atoms with Gasteiger partial charge in [0.25, 0.3) is 0 Å². The quantitative estimate of drug-likeness (QED) is 0.539. The van der Waals surface area contributed by atoms with E-state index in [-0.39, 0.29) is 30.1 Å². The second-order valence-electron chi connectivity index (χ2n) is 6.15. The summed E-state index contributed by atoms with van der Waals surface area (Å²) in [4.78, 5) is 13.0. The van der Waals surface area contributed by atoms with Crippen LogP contribution in [0.25, 0.3) is 0 Å². The molecule has 0 heterocycles. The Morgan fingerprint density at radius 3 is 2.15 bits per heavy atom. The molecule has 0 radical (unpaired) electrons. The standard InChI is InChI=1S/C15H25N2O2.HI/c1-11(2)13-10-12(19-15(18)16(3)4)8-9-14(13)17(5,6)7;/h8-11H,1-7H3;1H/q+1;/p-1. The van der Waals surface area contributed by atoms with Gasteiger partial charge in [-0.05, 0) is 18.1 Å². The first kappa shape index (κ1) is 19.2. The topological polar surface area (TPSA) is 29.5 Å². The summed E-state index contributed by atoms with van der Waals surface area (Å²) < 4.78 is 6.06. The number of carbonyl (C=O) groups excluding carboxylic acids is 1. The van der Waals surface area contributed by atoms with Gasteiger partial charge in [-0.15, -0.1) is 0 Å². The van der Waals surface area contributed by atoms with Crippen LogP contribution in [0.3, 0.4) is 0 Å². The Balaban J connectivity index is 0.00000361. The number of rotatable bonds is 3. The molecule has 1 aromatic rings. The molecule has 0 aromatic heterocycles. The van der Waals surface area contributed by atoms with Gasteiger partial charge in [0.1, 0.15) is 11.4 Å². The van der Waals surface area contributed by atoms with Crippen LogP contribution in [0.4, 0.5) is 10.5 Å². The zero-order valence-corrected chi connectivity index (χ0v) is 15.6. The molecule has 0 aliphatic rings. The number of hydrogen-bond acceptors (Lipinski definition) is 2. The second kappa shape index (κ2) is 7.26. The Morgan fingerprint density at radius 1 is 1.20 bits per heavy atom. The van der Waals surface area contributed by atoms with Crippen LogP contribution >= 0.6 is 0 Å². The van der Waals surface area contributed by atoms with Crippen molar-refractivity contribution in [3.8, 4) is 5.75 Å². The van der Waals surface area contributed by atoms with E-state index in [0.717, 1.165) is 4.48 Å². The number of benzene rings is 1. The molecule has 1 aromatic carbocycles. The van der Waals surface area contributed by atoms with Crippen molar-refractivity contribution in [2.45, 2.75) is 19.8 Å². The van der Waals surface area contributed by atoms with Crippen LogP contribution in [-0.4, -0.2) is 46.2 Å². The second-order valence-corrected chi connectivity index (χ2v) is 6.15. The summed E-state index contributed by atoms with van der Waals surface area (Å²) in [6, 6.07) is 5.85. The summed E-state index contributed by atoms with van der Waals surface area (Å²) in [6.07, 6.45) is -0.354. The first-order valence-corrected chi connectivity index (χ1v) is 6.48. The van der Waals surface area contributed by atoms with Gasteiger partial charge in [0.05, 0.1) is 21.1 Å². The summed E-state index contributed by atoms with van der Waals surface area (Å²) in [7, 11) is 9.74. The summed E-state index contributed by atoms with van der Waals surface area (Å²) in [6.45, 7) is 4.29. The highest BCUT2D eigenvalue weighted by molar-refractivity contribution is 5.70. The van der Waals surface area contributed by atoms with E-state index < -0.39 is 0 Å². The lowest BCUT2D eigenvalue weighted by molar-refractivity contribution is -0.00000954. The molecule has 0 saturated heterocycles. The summed E-state index contributed by atoms with van der Waals surface area (Å²) >= 11 is 0. The highest BCUT2D eigenvalue weighted by atomic mass is 127. The molecule has 1 rings (SSSR count). The number of amides is 1. The van der Waals surface area contributed by atoms with Crippen molar-refractivity contribution in [1.29, 1.82) is 0 Å². The van der Waals surface area contributed by atoms with Gasteiger partial charge in [-0.3, -0.25) is 4.48 Å². The maximum absolute atomic E-state index is 11.6. The average molecular weight is 392 g/mol. The predicted octanol–water partition coefficient (Wildman–Crippen LogP) is 0.0711. The van der Waals surface area contributed by atoms with Crippen LogP contribution in [0.2, 0.25) is 0 Å². The molecule has 114 valence electrons. The fourth-order valence-corrected chi connectivity index (χ4v) is 1.86. The summed E-state index contributed by atoms with van der Waals surface area (Å²) in [5.74, 6) is 0.977. The molecule has 0 bridgehead atoms. The molecule has 4 nitrogen and oxygen atoms in total. The fraction of sp³-hybridized carbons (Fsp3) is 0.533. The van der Waals surface area contributed by atoms with E-state index in [4.69, 9.17) is 4.74 Å². The van der Waals surface area contributed by atoms with Gasteiger partial charge >= 0.3 is 6.09 Å². The number of ether oxygens (including phenoxy) is 1. The monoisotopic (exact) mass is 392 g/mol. The Labute approximate surface area is 139 Å². The maximum Gasteiger partial charge on any atom is 0.414 e. The molecule has 0 saturated carbocycles. The Morgan fingerprint density at radius 2 is 1.75 bits per heavy atom. The van der Waals surface area contributed by atoms with Crippen LogP contribution in [0.5, 0.6) is 5.75 Å². The Kier molecular flexibility index (Phi) is 6.97. The van der Waals surface area contributed by atoms with Gasteiger partial charge in [-0.25, -0.2) is 4.79 Å².